The van der Waals surface area contributed by atoms with E-state index in [0.717, 1.165) is 30.4 Å². The van der Waals surface area contributed by atoms with Gasteiger partial charge in [-0.05, 0) is 48.2 Å². The topological polar surface area (TPSA) is 69.7 Å². The standard InChI is InChI=1S/C21H26ClN3O3S/c1-24(16-18-6-5-7-19(22)14-18)21(26)23-15-17-8-10-20(11-9-17)29(27,28)25-12-3-2-4-13-25/h5-11,14H,2-4,12-13,15-16H2,1H3,(H,23,26). The lowest BCUT2D eigenvalue weighted by atomic mass is 10.2. The zero-order valence-electron chi connectivity index (χ0n) is 16.5. The van der Waals surface area contributed by atoms with Crippen molar-refractivity contribution in [3.8, 4) is 0 Å². The third-order valence-corrected chi connectivity index (χ3v) is 7.12. The highest BCUT2D eigenvalue weighted by atomic mass is 35.5. The van der Waals surface area contributed by atoms with E-state index in [9.17, 15) is 13.2 Å². The molecule has 1 fully saturated rings. The van der Waals surface area contributed by atoms with Crippen LogP contribution in [0.4, 0.5) is 4.79 Å². The van der Waals surface area contributed by atoms with E-state index in [4.69, 9.17) is 11.6 Å². The average Bonchev–Trinajstić information content (AvgIpc) is 2.73. The van der Waals surface area contributed by atoms with Crippen LogP contribution in [-0.2, 0) is 23.1 Å². The van der Waals surface area contributed by atoms with Crippen LogP contribution in [0.3, 0.4) is 0 Å². The molecule has 8 heteroatoms. The molecule has 1 aliphatic heterocycles. The molecule has 2 aromatic carbocycles. The minimum Gasteiger partial charge on any atom is -0.334 e. The average molecular weight is 436 g/mol. The van der Waals surface area contributed by atoms with Crippen LogP contribution in [0.15, 0.2) is 53.4 Å². The molecule has 1 N–H and O–H groups in total. The highest BCUT2D eigenvalue weighted by Gasteiger charge is 2.25. The predicted molar refractivity (Wildman–Crippen MR) is 114 cm³/mol. The van der Waals surface area contributed by atoms with Crippen LogP contribution in [0.2, 0.25) is 5.02 Å². The number of piperidine rings is 1. The molecule has 1 saturated heterocycles. The summed E-state index contributed by atoms with van der Waals surface area (Å²) >= 11 is 5.98. The van der Waals surface area contributed by atoms with Crippen molar-refractivity contribution in [3.05, 3.63) is 64.7 Å². The Morgan fingerprint density at radius 2 is 1.76 bits per heavy atom. The van der Waals surface area contributed by atoms with Gasteiger partial charge in [-0.15, -0.1) is 0 Å². The number of carbonyl (C=O) groups is 1. The molecule has 0 atom stereocenters. The van der Waals surface area contributed by atoms with Crippen LogP contribution in [0, 0.1) is 0 Å². The van der Waals surface area contributed by atoms with E-state index < -0.39 is 10.0 Å². The summed E-state index contributed by atoms with van der Waals surface area (Å²) in [7, 11) is -1.72. The van der Waals surface area contributed by atoms with Crippen molar-refractivity contribution in [2.24, 2.45) is 0 Å². The fourth-order valence-corrected chi connectivity index (χ4v) is 5.06. The van der Waals surface area contributed by atoms with Crippen LogP contribution in [0.5, 0.6) is 0 Å². The summed E-state index contributed by atoms with van der Waals surface area (Å²) in [6.45, 7) is 1.93. The number of hydrogen-bond acceptors (Lipinski definition) is 3. The molecule has 0 bridgehead atoms. The zero-order chi connectivity index (χ0) is 20.9. The monoisotopic (exact) mass is 435 g/mol. The molecule has 0 aliphatic carbocycles. The highest BCUT2D eigenvalue weighted by Crippen LogP contribution is 2.21. The molecule has 1 aliphatic rings. The van der Waals surface area contributed by atoms with Gasteiger partial charge in [0.1, 0.15) is 0 Å². The maximum Gasteiger partial charge on any atom is 0.317 e. The normalized spacial score (nSPS) is 15.1. The molecule has 3 rings (SSSR count). The summed E-state index contributed by atoms with van der Waals surface area (Å²) in [6, 6.07) is 13.9. The Balaban J connectivity index is 1.55. The molecule has 0 saturated carbocycles. The van der Waals surface area contributed by atoms with E-state index in [1.807, 2.05) is 18.2 Å². The number of nitrogens with zero attached hydrogens (tertiary/aromatic N) is 2. The second-order valence-electron chi connectivity index (χ2n) is 7.25. The quantitative estimate of drug-likeness (QED) is 0.749. The number of rotatable bonds is 6. The van der Waals surface area contributed by atoms with E-state index in [1.54, 1.807) is 46.6 Å². The van der Waals surface area contributed by atoms with Crippen LogP contribution < -0.4 is 5.32 Å². The van der Waals surface area contributed by atoms with Crippen LogP contribution in [0.1, 0.15) is 30.4 Å². The number of sulfonamides is 1. The Morgan fingerprint density at radius 3 is 2.41 bits per heavy atom. The molecular weight excluding hydrogens is 410 g/mol. The number of hydrogen-bond donors (Lipinski definition) is 1. The third kappa shape index (κ3) is 5.72. The molecule has 0 aromatic heterocycles. The summed E-state index contributed by atoms with van der Waals surface area (Å²) in [4.78, 5) is 14.2. The summed E-state index contributed by atoms with van der Waals surface area (Å²) < 4.78 is 26.9. The molecule has 0 radical (unpaired) electrons. The molecule has 29 heavy (non-hydrogen) atoms. The van der Waals surface area contributed by atoms with E-state index in [1.165, 1.54) is 0 Å². The Labute approximate surface area is 177 Å². The van der Waals surface area contributed by atoms with Gasteiger partial charge in [-0.2, -0.15) is 4.31 Å². The van der Waals surface area contributed by atoms with Crippen molar-refractivity contribution in [1.29, 1.82) is 0 Å². The van der Waals surface area contributed by atoms with Crippen molar-refractivity contribution in [3.63, 3.8) is 0 Å². The summed E-state index contributed by atoms with van der Waals surface area (Å²) in [5, 5.41) is 3.48. The van der Waals surface area contributed by atoms with E-state index in [0.29, 0.717) is 36.1 Å². The Hall–Kier alpha value is -2.09. The van der Waals surface area contributed by atoms with Gasteiger partial charge in [0.05, 0.1) is 4.90 Å². The van der Waals surface area contributed by atoms with Gasteiger partial charge < -0.3 is 10.2 Å². The van der Waals surface area contributed by atoms with Crippen molar-refractivity contribution in [2.45, 2.75) is 37.2 Å². The van der Waals surface area contributed by atoms with Crippen molar-refractivity contribution in [2.75, 3.05) is 20.1 Å². The minimum atomic E-state index is -3.43. The van der Waals surface area contributed by atoms with Gasteiger partial charge in [-0.1, -0.05) is 42.3 Å². The summed E-state index contributed by atoms with van der Waals surface area (Å²) in [5.74, 6) is 0. The smallest absolute Gasteiger partial charge is 0.317 e. The fourth-order valence-electron chi connectivity index (χ4n) is 3.33. The highest BCUT2D eigenvalue weighted by molar-refractivity contribution is 7.89. The predicted octanol–water partition coefficient (Wildman–Crippen LogP) is 3.86. The zero-order valence-corrected chi connectivity index (χ0v) is 18.0. The lowest BCUT2D eigenvalue weighted by Gasteiger charge is -2.25. The maximum absolute atomic E-state index is 12.7. The number of nitrogens with one attached hydrogen (secondary N) is 1. The number of benzene rings is 2. The number of urea groups is 1. The van der Waals surface area contributed by atoms with Gasteiger partial charge in [-0.3, -0.25) is 0 Å². The fraction of sp³-hybridized carbons (Fsp3) is 0.381. The SMILES string of the molecule is CN(Cc1cccc(Cl)c1)C(=O)NCc1ccc(S(=O)(=O)N2CCCCC2)cc1. The summed E-state index contributed by atoms with van der Waals surface area (Å²) in [6.07, 6.45) is 2.90. The van der Waals surface area contributed by atoms with Gasteiger partial charge in [0.25, 0.3) is 0 Å². The molecule has 156 valence electrons. The number of halogens is 1. The van der Waals surface area contributed by atoms with E-state index in [2.05, 4.69) is 5.32 Å². The third-order valence-electron chi connectivity index (χ3n) is 4.98. The van der Waals surface area contributed by atoms with Crippen molar-refractivity contribution in [1.82, 2.24) is 14.5 Å². The van der Waals surface area contributed by atoms with Crippen molar-refractivity contribution >= 4 is 27.7 Å². The van der Waals surface area contributed by atoms with Gasteiger partial charge in [-0.25, -0.2) is 13.2 Å². The largest absolute Gasteiger partial charge is 0.334 e. The first kappa shape index (κ1) is 21.6. The first-order chi connectivity index (χ1) is 13.9. The molecule has 0 spiro atoms. The number of carbonyl (C=O) groups excluding carboxylic acids is 1. The molecule has 2 aromatic rings. The second kappa shape index (κ2) is 9.61. The van der Waals surface area contributed by atoms with Crippen LogP contribution in [0.25, 0.3) is 0 Å². The minimum absolute atomic E-state index is 0.213. The molecular formula is C21H26ClN3O3S. The van der Waals surface area contributed by atoms with Crippen LogP contribution >= 0.6 is 11.6 Å². The first-order valence-corrected chi connectivity index (χ1v) is 11.5. The molecule has 2 amide bonds. The van der Waals surface area contributed by atoms with Gasteiger partial charge >= 0.3 is 6.03 Å². The van der Waals surface area contributed by atoms with E-state index in [-0.39, 0.29) is 6.03 Å². The van der Waals surface area contributed by atoms with Gasteiger partial charge in [0, 0.05) is 38.2 Å². The summed E-state index contributed by atoms with van der Waals surface area (Å²) in [5.41, 5.74) is 1.79. The van der Waals surface area contributed by atoms with Crippen LogP contribution in [-0.4, -0.2) is 43.8 Å². The number of amides is 2. The van der Waals surface area contributed by atoms with E-state index >= 15 is 0 Å². The maximum atomic E-state index is 12.7. The van der Waals surface area contributed by atoms with Crippen molar-refractivity contribution < 1.29 is 13.2 Å². The molecule has 6 nitrogen and oxygen atoms in total. The Morgan fingerprint density at radius 1 is 1.07 bits per heavy atom. The van der Waals surface area contributed by atoms with Gasteiger partial charge in [0.2, 0.25) is 10.0 Å². The molecule has 1 heterocycles. The first-order valence-electron chi connectivity index (χ1n) is 9.69. The lowest BCUT2D eigenvalue weighted by molar-refractivity contribution is 0.206. The van der Waals surface area contributed by atoms with Gasteiger partial charge in [0.15, 0.2) is 0 Å². The second-order valence-corrected chi connectivity index (χ2v) is 9.63. The Kier molecular flexibility index (Phi) is 7.16. The lowest BCUT2D eigenvalue weighted by Crippen LogP contribution is -2.36. The Bertz CT molecular complexity index is 942. The molecule has 0 unspecified atom stereocenters.